The van der Waals surface area contributed by atoms with Crippen LogP contribution < -0.4 is 0 Å². The van der Waals surface area contributed by atoms with Gasteiger partial charge in [0.1, 0.15) is 0 Å². The van der Waals surface area contributed by atoms with E-state index in [4.69, 9.17) is 28.4 Å². The molecule has 4 rings (SSSR count). The lowest BCUT2D eigenvalue weighted by molar-refractivity contribution is -0.163. The van der Waals surface area contributed by atoms with Crippen molar-refractivity contribution in [2.45, 2.75) is 154 Å². The van der Waals surface area contributed by atoms with E-state index < -0.39 is 35.6 Å². The zero-order valence-corrected chi connectivity index (χ0v) is 28.3. The Morgan fingerprint density at radius 1 is 0.413 bits per heavy atom. The molecule has 2 aliphatic heterocycles. The van der Waals surface area contributed by atoms with Crippen LogP contribution in [-0.2, 0) is 47.6 Å². The molecule has 0 aromatic heterocycles. The summed E-state index contributed by atoms with van der Waals surface area (Å²) in [6, 6.07) is 0. The van der Waals surface area contributed by atoms with Gasteiger partial charge >= 0.3 is 23.9 Å². The fraction of sp³-hybridized carbons (Fsp3) is 0.889. The van der Waals surface area contributed by atoms with Crippen LogP contribution in [0.25, 0.3) is 0 Å². The fourth-order valence-corrected chi connectivity index (χ4v) is 6.98. The van der Waals surface area contributed by atoms with Crippen LogP contribution in [0.1, 0.15) is 129 Å². The predicted octanol–water partition coefficient (Wildman–Crippen LogP) is 6.25. The van der Waals surface area contributed by atoms with Crippen LogP contribution in [0.5, 0.6) is 0 Å². The first-order chi connectivity index (χ1) is 22.4. The molecule has 0 aromatic carbocycles. The Labute approximate surface area is 275 Å². The van der Waals surface area contributed by atoms with E-state index >= 15 is 0 Å². The fourth-order valence-electron chi connectivity index (χ4n) is 6.98. The average Bonchev–Trinajstić information content (AvgIpc) is 3.99. The first-order valence-electron chi connectivity index (χ1n) is 18.4. The van der Waals surface area contributed by atoms with Gasteiger partial charge in [-0.2, -0.15) is 0 Å². The molecule has 4 aliphatic rings. The largest absolute Gasteiger partial charge is 0.465 e. The van der Waals surface area contributed by atoms with Gasteiger partial charge in [-0.1, -0.05) is 78.1 Å². The van der Waals surface area contributed by atoms with Crippen molar-refractivity contribution in [2.24, 2.45) is 23.7 Å². The van der Waals surface area contributed by atoms with Crippen LogP contribution in [0.2, 0.25) is 0 Å². The first-order valence-corrected chi connectivity index (χ1v) is 18.4. The molecule has 0 aromatic rings. The molecular formula is C36H58O10. The summed E-state index contributed by atoms with van der Waals surface area (Å²) in [6.45, 7) is 5.48. The van der Waals surface area contributed by atoms with Crippen LogP contribution in [0.15, 0.2) is 0 Å². The number of ether oxygens (including phenoxy) is 6. The minimum atomic E-state index is -0.559. The van der Waals surface area contributed by atoms with Gasteiger partial charge in [0, 0.05) is 0 Å². The second-order valence-electron chi connectivity index (χ2n) is 13.7. The molecule has 0 N–H and O–H groups in total. The number of unbranched alkanes of at least 4 members (excludes halogenated alkanes) is 11. The second kappa shape index (κ2) is 19.6. The molecule has 10 nitrogen and oxygen atoms in total. The smallest absolute Gasteiger partial charge is 0.309 e. The molecule has 2 aliphatic carbocycles. The average molecular weight is 651 g/mol. The van der Waals surface area contributed by atoms with Gasteiger partial charge in [-0.05, 0) is 51.4 Å². The number of carbonyl (C=O) groups excluding carboxylic acids is 4. The maximum absolute atomic E-state index is 13.0. The van der Waals surface area contributed by atoms with Crippen LogP contribution in [0, 0.1) is 23.7 Å². The highest BCUT2D eigenvalue weighted by atomic mass is 16.6. The van der Waals surface area contributed by atoms with Crippen LogP contribution >= 0.6 is 0 Å². The van der Waals surface area contributed by atoms with Gasteiger partial charge in [0.15, 0.2) is 0 Å². The molecule has 0 radical (unpaired) electrons. The summed E-state index contributed by atoms with van der Waals surface area (Å²) in [6.07, 6.45) is 16.4. The number of fused-ring (bicyclic) bond motifs is 2. The predicted molar refractivity (Wildman–Crippen MR) is 170 cm³/mol. The first kappa shape index (κ1) is 36.6. The molecule has 4 fully saturated rings. The molecule has 2 saturated carbocycles. The number of hydrogen-bond donors (Lipinski definition) is 0. The molecule has 0 spiro atoms. The van der Waals surface area contributed by atoms with E-state index in [0.29, 0.717) is 51.7 Å². The minimum absolute atomic E-state index is 0.0207. The molecule has 0 amide bonds. The Bertz CT molecular complexity index is 892. The molecule has 10 heteroatoms. The third-order valence-electron chi connectivity index (χ3n) is 10.0. The number of carbonyl (C=O) groups is 4. The van der Waals surface area contributed by atoms with Gasteiger partial charge in [-0.15, -0.1) is 0 Å². The van der Waals surface area contributed by atoms with Crippen LogP contribution in [-0.4, -0.2) is 74.7 Å². The van der Waals surface area contributed by atoms with E-state index in [-0.39, 0.29) is 49.6 Å². The summed E-state index contributed by atoms with van der Waals surface area (Å²) in [7, 11) is 0. The molecule has 2 heterocycles. The van der Waals surface area contributed by atoms with Crippen molar-refractivity contribution < 1.29 is 47.6 Å². The maximum atomic E-state index is 13.0. The Hall–Kier alpha value is -2.20. The highest BCUT2D eigenvalue weighted by molar-refractivity contribution is 5.83. The van der Waals surface area contributed by atoms with E-state index in [1.54, 1.807) is 0 Å². The van der Waals surface area contributed by atoms with Crippen molar-refractivity contribution in [3.63, 3.8) is 0 Å². The lowest BCUT2D eigenvalue weighted by atomic mass is 9.79. The van der Waals surface area contributed by atoms with Gasteiger partial charge < -0.3 is 28.4 Å². The van der Waals surface area contributed by atoms with Gasteiger partial charge in [-0.3, -0.25) is 19.2 Å². The van der Waals surface area contributed by atoms with Crippen molar-refractivity contribution in [3.8, 4) is 0 Å². The lowest BCUT2D eigenvalue weighted by Crippen LogP contribution is -2.38. The molecule has 46 heavy (non-hydrogen) atoms. The minimum Gasteiger partial charge on any atom is -0.465 e. The summed E-state index contributed by atoms with van der Waals surface area (Å²) >= 11 is 0. The zero-order valence-electron chi connectivity index (χ0n) is 28.3. The van der Waals surface area contributed by atoms with Crippen molar-refractivity contribution in [1.82, 2.24) is 0 Å². The quantitative estimate of drug-likeness (QED) is 0.0542. The topological polar surface area (TPSA) is 130 Å². The van der Waals surface area contributed by atoms with Crippen molar-refractivity contribution >= 4 is 23.9 Å². The van der Waals surface area contributed by atoms with Gasteiger partial charge in [-0.25, -0.2) is 0 Å². The number of hydrogen-bond acceptors (Lipinski definition) is 10. The summed E-state index contributed by atoms with van der Waals surface area (Å²) in [4.78, 5) is 51.6. The molecule has 262 valence electrons. The van der Waals surface area contributed by atoms with Gasteiger partial charge in [0.05, 0.1) is 74.5 Å². The van der Waals surface area contributed by atoms with Gasteiger partial charge in [0.25, 0.3) is 0 Å². The number of rotatable bonds is 23. The van der Waals surface area contributed by atoms with E-state index in [1.807, 2.05) is 0 Å². The Kier molecular flexibility index (Phi) is 15.6. The van der Waals surface area contributed by atoms with Crippen molar-refractivity contribution in [3.05, 3.63) is 0 Å². The molecular weight excluding hydrogens is 592 g/mol. The molecule has 8 unspecified atom stereocenters. The summed E-state index contributed by atoms with van der Waals surface area (Å²) in [5.41, 5.74) is 0. The van der Waals surface area contributed by atoms with Crippen LogP contribution in [0.4, 0.5) is 0 Å². The van der Waals surface area contributed by atoms with E-state index in [9.17, 15) is 19.2 Å². The van der Waals surface area contributed by atoms with Crippen molar-refractivity contribution in [1.29, 1.82) is 0 Å². The third kappa shape index (κ3) is 11.8. The number of epoxide rings is 2. The molecule has 0 bridgehead atoms. The summed E-state index contributed by atoms with van der Waals surface area (Å²) < 4.78 is 33.4. The Morgan fingerprint density at radius 2 is 0.652 bits per heavy atom. The normalized spacial score (nSPS) is 29.2. The van der Waals surface area contributed by atoms with E-state index in [2.05, 4.69) is 13.8 Å². The SMILES string of the molecule is CCCCCCCCOC(=O)C1CC2OC2CC1C(=O)OCCCCOC(=O)C1CC2OC2CC1C(=O)OCCCCCCCC. The number of esters is 4. The highest BCUT2D eigenvalue weighted by Gasteiger charge is 2.54. The Balaban J connectivity index is 1.10. The summed E-state index contributed by atoms with van der Waals surface area (Å²) in [5, 5.41) is 0. The summed E-state index contributed by atoms with van der Waals surface area (Å²) in [5.74, 6) is -3.63. The highest BCUT2D eigenvalue weighted by Crippen LogP contribution is 2.45. The lowest BCUT2D eigenvalue weighted by Gasteiger charge is -2.26. The maximum Gasteiger partial charge on any atom is 0.309 e. The zero-order chi connectivity index (χ0) is 32.7. The van der Waals surface area contributed by atoms with Gasteiger partial charge in [0.2, 0.25) is 0 Å². The molecule has 8 atom stereocenters. The standard InChI is InChI=1S/C36H58O10/c1-3-5-7-9-11-13-17-41-33(37)25-21-29-31(45-29)23-27(25)35(39)43-19-15-16-20-44-36(40)28-24-32-30(46-32)22-26(28)34(38)42-18-14-12-10-8-6-4-2/h25-32H,3-24H2,1-2H3. The van der Waals surface area contributed by atoms with E-state index in [0.717, 1.165) is 38.5 Å². The van der Waals surface area contributed by atoms with Crippen molar-refractivity contribution in [2.75, 3.05) is 26.4 Å². The Morgan fingerprint density at radius 3 is 0.935 bits per heavy atom. The monoisotopic (exact) mass is 650 g/mol. The second-order valence-corrected chi connectivity index (χ2v) is 13.7. The molecule has 2 saturated heterocycles. The van der Waals surface area contributed by atoms with Crippen LogP contribution in [0.3, 0.4) is 0 Å². The third-order valence-corrected chi connectivity index (χ3v) is 10.0. The van der Waals surface area contributed by atoms with E-state index in [1.165, 1.54) is 38.5 Å².